The van der Waals surface area contributed by atoms with Gasteiger partial charge in [-0.3, -0.25) is 14.2 Å². The van der Waals surface area contributed by atoms with Crippen LogP contribution in [-0.2, 0) is 4.79 Å². The monoisotopic (exact) mass is 432 g/mol. The van der Waals surface area contributed by atoms with Crippen LogP contribution >= 0.6 is 11.8 Å². The van der Waals surface area contributed by atoms with Crippen molar-refractivity contribution in [2.45, 2.75) is 24.3 Å². The average Bonchev–Trinajstić information content (AvgIpc) is 3.44. The van der Waals surface area contributed by atoms with E-state index in [4.69, 9.17) is 4.42 Å². The Bertz CT molecular complexity index is 1190. The maximum absolute atomic E-state index is 12.7. The fourth-order valence-electron chi connectivity index (χ4n) is 2.97. The quantitative estimate of drug-likeness (QED) is 0.332. The topological polar surface area (TPSA) is 90.0 Å². The molecule has 1 unspecified atom stereocenters. The normalized spacial score (nSPS) is 11.8. The molecule has 2 heterocycles. The molecule has 0 radical (unpaired) electrons. The number of nitrogens with zero attached hydrogens (tertiary/aromatic N) is 3. The zero-order chi connectivity index (χ0) is 21.8. The second kappa shape index (κ2) is 9.01. The number of carbonyl (C=O) groups excluding carboxylic acids is 2. The zero-order valence-electron chi connectivity index (χ0n) is 17.0. The molecule has 0 saturated carbocycles. The Morgan fingerprint density at radius 2 is 1.74 bits per heavy atom. The first-order chi connectivity index (χ1) is 15.0. The molecular weight excluding hydrogens is 412 g/mol. The van der Waals surface area contributed by atoms with Crippen molar-refractivity contribution >= 4 is 29.1 Å². The van der Waals surface area contributed by atoms with E-state index in [1.165, 1.54) is 18.7 Å². The van der Waals surface area contributed by atoms with Gasteiger partial charge in [-0.05, 0) is 62.4 Å². The molecule has 7 nitrogen and oxygen atoms in total. The summed E-state index contributed by atoms with van der Waals surface area (Å²) in [7, 11) is 0. The number of benzene rings is 2. The number of thioether (sulfide) groups is 1. The number of para-hydroxylation sites is 1. The third kappa shape index (κ3) is 4.59. The largest absolute Gasteiger partial charge is 0.461 e. The second-order valence-corrected chi connectivity index (χ2v) is 8.15. The minimum atomic E-state index is -0.441. The molecule has 0 bridgehead atoms. The van der Waals surface area contributed by atoms with Crippen molar-refractivity contribution in [3.05, 3.63) is 78.6 Å². The van der Waals surface area contributed by atoms with Crippen molar-refractivity contribution in [1.82, 2.24) is 14.8 Å². The number of ketones is 1. The van der Waals surface area contributed by atoms with Crippen molar-refractivity contribution < 1.29 is 14.0 Å². The van der Waals surface area contributed by atoms with E-state index in [-0.39, 0.29) is 11.7 Å². The maximum atomic E-state index is 12.7. The van der Waals surface area contributed by atoms with Gasteiger partial charge in [0.1, 0.15) is 0 Å². The first-order valence-electron chi connectivity index (χ1n) is 9.66. The Labute approximate surface area is 183 Å². The molecule has 0 saturated heterocycles. The second-order valence-electron chi connectivity index (χ2n) is 6.84. The van der Waals surface area contributed by atoms with E-state index in [0.717, 1.165) is 5.69 Å². The lowest BCUT2D eigenvalue weighted by Crippen LogP contribution is -2.23. The van der Waals surface area contributed by atoms with E-state index >= 15 is 0 Å². The molecule has 1 amide bonds. The Morgan fingerprint density at radius 3 is 2.39 bits per heavy atom. The van der Waals surface area contributed by atoms with E-state index in [0.29, 0.717) is 28.0 Å². The summed E-state index contributed by atoms with van der Waals surface area (Å²) < 4.78 is 7.39. The van der Waals surface area contributed by atoms with Gasteiger partial charge < -0.3 is 9.73 Å². The van der Waals surface area contributed by atoms with E-state index in [1.54, 1.807) is 43.5 Å². The highest BCUT2D eigenvalue weighted by Crippen LogP contribution is 2.30. The smallest absolute Gasteiger partial charge is 0.237 e. The van der Waals surface area contributed by atoms with Crippen LogP contribution in [0.4, 0.5) is 5.69 Å². The standard InChI is InChI=1S/C23H20N4O3S/c1-15(28)17-10-12-18(13-11-17)24-22(29)16(2)31-23-26-25-21(20-9-6-14-30-20)27(23)19-7-4-3-5-8-19/h3-14,16H,1-2H3,(H,24,29). The van der Waals surface area contributed by atoms with Gasteiger partial charge in [0, 0.05) is 16.9 Å². The van der Waals surface area contributed by atoms with Crippen LogP contribution in [0.2, 0.25) is 0 Å². The fourth-order valence-corrected chi connectivity index (χ4v) is 3.83. The van der Waals surface area contributed by atoms with Gasteiger partial charge in [0.15, 0.2) is 16.7 Å². The summed E-state index contributed by atoms with van der Waals surface area (Å²) in [6.45, 7) is 3.31. The molecule has 1 atom stereocenters. The molecule has 0 spiro atoms. The van der Waals surface area contributed by atoms with Gasteiger partial charge in [0.25, 0.3) is 0 Å². The van der Waals surface area contributed by atoms with Crippen LogP contribution in [-0.4, -0.2) is 31.7 Å². The van der Waals surface area contributed by atoms with E-state index in [9.17, 15) is 9.59 Å². The molecule has 2 aromatic heterocycles. The number of nitrogens with one attached hydrogen (secondary N) is 1. The van der Waals surface area contributed by atoms with Crippen LogP contribution in [0.5, 0.6) is 0 Å². The Kier molecular flexibility index (Phi) is 5.99. The lowest BCUT2D eigenvalue weighted by Gasteiger charge is -2.13. The SMILES string of the molecule is CC(=O)c1ccc(NC(=O)C(C)Sc2nnc(-c3ccco3)n2-c2ccccc2)cc1. The molecule has 2 aromatic carbocycles. The number of hydrogen-bond donors (Lipinski definition) is 1. The number of anilines is 1. The van der Waals surface area contributed by atoms with Gasteiger partial charge in [-0.1, -0.05) is 30.0 Å². The van der Waals surface area contributed by atoms with Crippen LogP contribution < -0.4 is 5.32 Å². The van der Waals surface area contributed by atoms with Crippen LogP contribution in [0.15, 0.2) is 82.6 Å². The zero-order valence-corrected chi connectivity index (χ0v) is 17.8. The number of rotatable bonds is 7. The number of furan rings is 1. The van der Waals surface area contributed by atoms with Crippen LogP contribution in [0.25, 0.3) is 17.3 Å². The highest BCUT2D eigenvalue weighted by Gasteiger charge is 2.23. The predicted octanol–water partition coefficient (Wildman–Crippen LogP) is 4.85. The third-order valence-electron chi connectivity index (χ3n) is 4.60. The Morgan fingerprint density at radius 1 is 1.00 bits per heavy atom. The van der Waals surface area contributed by atoms with Gasteiger partial charge in [-0.25, -0.2) is 0 Å². The van der Waals surface area contributed by atoms with Gasteiger partial charge in [-0.15, -0.1) is 10.2 Å². The predicted molar refractivity (Wildman–Crippen MR) is 119 cm³/mol. The number of Topliss-reactive ketones (excluding diaryl/α,β-unsaturated/α-hetero) is 1. The van der Waals surface area contributed by atoms with Crippen molar-refractivity contribution in [3.8, 4) is 17.3 Å². The van der Waals surface area contributed by atoms with Gasteiger partial charge in [-0.2, -0.15) is 0 Å². The van der Waals surface area contributed by atoms with Crippen molar-refractivity contribution in [1.29, 1.82) is 0 Å². The van der Waals surface area contributed by atoms with Crippen molar-refractivity contribution in [2.75, 3.05) is 5.32 Å². The summed E-state index contributed by atoms with van der Waals surface area (Å²) in [5, 5.41) is 11.6. The number of carbonyl (C=O) groups is 2. The maximum Gasteiger partial charge on any atom is 0.237 e. The van der Waals surface area contributed by atoms with Crippen LogP contribution in [0, 0.1) is 0 Å². The highest BCUT2D eigenvalue weighted by molar-refractivity contribution is 8.00. The summed E-state index contributed by atoms with van der Waals surface area (Å²) in [4.78, 5) is 24.2. The minimum Gasteiger partial charge on any atom is -0.461 e. The van der Waals surface area contributed by atoms with Gasteiger partial charge in [0.05, 0.1) is 11.5 Å². The fraction of sp³-hybridized carbons (Fsp3) is 0.130. The Balaban J connectivity index is 1.56. The lowest BCUT2D eigenvalue weighted by atomic mass is 10.1. The van der Waals surface area contributed by atoms with E-state index in [2.05, 4.69) is 15.5 Å². The average molecular weight is 433 g/mol. The van der Waals surface area contributed by atoms with E-state index < -0.39 is 5.25 Å². The summed E-state index contributed by atoms with van der Waals surface area (Å²) in [6, 6.07) is 20.1. The highest BCUT2D eigenvalue weighted by atomic mass is 32.2. The van der Waals surface area contributed by atoms with Crippen LogP contribution in [0.1, 0.15) is 24.2 Å². The molecule has 0 aliphatic rings. The van der Waals surface area contributed by atoms with Crippen LogP contribution in [0.3, 0.4) is 0 Å². The van der Waals surface area contributed by atoms with Crippen molar-refractivity contribution in [3.63, 3.8) is 0 Å². The molecule has 1 N–H and O–H groups in total. The van der Waals surface area contributed by atoms with Gasteiger partial charge >= 0.3 is 0 Å². The van der Waals surface area contributed by atoms with Gasteiger partial charge in [0.2, 0.25) is 11.7 Å². The Hall–Kier alpha value is -3.65. The summed E-state index contributed by atoms with van der Waals surface area (Å²) in [5.41, 5.74) is 2.10. The first kappa shape index (κ1) is 20.6. The summed E-state index contributed by atoms with van der Waals surface area (Å²) >= 11 is 1.30. The molecule has 0 fully saturated rings. The minimum absolute atomic E-state index is 0.0191. The molecule has 156 valence electrons. The molecule has 0 aliphatic heterocycles. The summed E-state index contributed by atoms with van der Waals surface area (Å²) in [6.07, 6.45) is 1.58. The number of aromatic nitrogens is 3. The molecule has 0 aliphatic carbocycles. The number of hydrogen-bond acceptors (Lipinski definition) is 6. The first-order valence-corrected chi connectivity index (χ1v) is 10.5. The number of amides is 1. The van der Waals surface area contributed by atoms with Crippen molar-refractivity contribution in [2.24, 2.45) is 0 Å². The molecule has 4 rings (SSSR count). The summed E-state index contributed by atoms with van der Waals surface area (Å²) in [5.74, 6) is 0.953. The van der Waals surface area contributed by atoms with E-state index in [1.807, 2.05) is 41.0 Å². The molecule has 8 heteroatoms. The molecular formula is C23H20N4O3S. The lowest BCUT2D eigenvalue weighted by molar-refractivity contribution is -0.115. The molecule has 31 heavy (non-hydrogen) atoms. The third-order valence-corrected chi connectivity index (χ3v) is 5.64. The molecule has 4 aromatic rings.